The van der Waals surface area contributed by atoms with Crippen LogP contribution in [-0.2, 0) is 4.74 Å². The average Bonchev–Trinajstić information content (AvgIpc) is 2.93. The second kappa shape index (κ2) is 5.85. The van der Waals surface area contributed by atoms with Gasteiger partial charge in [0.15, 0.2) is 5.78 Å². The van der Waals surface area contributed by atoms with E-state index in [0.29, 0.717) is 6.04 Å². The fourth-order valence-corrected chi connectivity index (χ4v) is 2.57. The first-order chi connectivity index (χ1) is 9.00. The molecule has 0 N–H and O–H groups in total. The third-order valence-electron chi connectivity index (χ3n) is 4.13. The van der Waals surface area contributed by atoms with Gasteiger partial charge in [0.05, 0.1) is 12.6 Å². The van der Waals surface area contributed by atoms with E-state index in [1.807, 2.05) is 46.0 Å². The molecule has 1 saturated heterocycles. The van der Waals surface area contributed by atoms with Crippen LogP contribution in [-0.4, -0.2) is 43.0 Å². The molecule has 2 unspecified atom stereocenters. The summed E-state index contributed by atoms with van der Waals surface area (Å²) in [6.45, 7) is 7.55. The molecule has 0 aliphatic carbocycles. The second-order valence-electron chi connectivity index (χ2n) is 5.54. The molecule has 0 radical (unpaired) electrons. The number of rotatable bonds is 4. The molecule has 2 atom stereocenters. The van der Waals surface area contributed by atoms with Crippen molar-refractivity contribution in [3.8, 4) is 0 Å². The number of benzene rings is 1. The number of aryl methyl sites for hydroxylation is 2. The fourth-order valence-electron chi connectivity index (χ4n) is 2.57. The Hall–Kier alpha value is -1.19. The Morgan fingerprint density at radius 2 is 2.16 bits per heavy atom. The van der Waals surface area contributed by atoms with Crippen molar-refractivity contribution in [3.63, 3.8) is 0 Å². The molecule has 3 nitrogen and oxygen atoms in total. The van der Waals surface area contributed by atoms with Crippen molar-refractivity contribution < 1.29 is 9.53 Å². The highest BCUT2D eigenvalue weighted by atomic mass is 16.5. The van der Waals surface area contributed by atoms with Gasteiger partial charge in [-0.3, -0.25) is 9.69 Å². The molecule has 1 aromatic rings. The van der Waals surface area contributed by atoms with Gasteiger partial charge in [-0.2, -0.15) is 0 Å². The molecule has 104 valence electrons. The molecule has 3 heteroatoms. The molecule has 2 rings (SSSR count). The highest BCUT2D eigenvalue weighted by molar-refractivity contribution is 6.01. The Morgan fingerprint density at radius 3 is 2.79 bits per heavy atom. The molecule has 0 saturated carbocycles. The van der Waals surface area contributed by atoms with Crippen molar-refractivity contribution in [1.82, 2.24) is 4.90 Å². The summed E-state index contributed by atoms with van der Waals surface area (Å²) in [5, 5.41) is 0. The molecule has 1 heterocycles. The third-order valence-corrected chi connectivity index (χ3v) is 4.13. The molecule has 0 amide bonds. The van der Waals surface area contributed by atoms with Gasteiger partial charge in [0.25, 0.3) is 0 Å². The molecule has 0 aromatic heterocycles. The van der Waals surface area contributed by atoms with E-state index in [9.17, 15) is 4.79 Å². The SMILES string of the molecule is Cc1ccc(C)c(C(=O)C(C)N(C)C2CCOC2)c1. The molecule has 1 fully saturated rings. The standard InChI is InChI=1S/C16H23NO2/c1-11-5-6-12(2)15(9-11)16(18)13(3)17(4)14-7-8-19-10-14/h5-6,9,13-14H,7-8,10H2,1-4H3. The van der Waals surface area contributed by atoms with E-state index >= 15 is 0 Å². The summed E-state index contributed by atoms with van der Waals surface area (Å²) in [7, 11) is 2.02. The van der Waals surface area contributed by atoms with E-state index < -0.39 is 0 Å². The lowest BCUT2D eigenvalue weighted by Gasteiger charge is -2.29. The first kappa shape index (κ1) is 14.2. The summed E-state index contributed by atoms with van der Waals surface area (Å²) in [4.78, 5) is 14.8. The Morgan fingerprint density at radius 1 is 1.42 bits per heavy atom. The number of ketones is 1. The normalized spacial score (nSPS) is 20.8. The molecule has 0 bridgehead atoms. The van der Waals surface area contributed by atoms with Crippen molar-refractivity contribution in [2.24, 2.45) is 0 Å². The van der Waals surface area contributed by atoms with E-state index in [-0.39, 0.29) is 11.8 Å². The van der Waals surface area contributed by atoms with Gasteiger partial charge >= 0.3 is 0 Å². The lowest BCUT2D eigenvalue weighted by molar-refractivity contribution is 0.0794. The Kier molecular flexibility index (Phi) is 4.38. The molecule has 1 aromatic carbocycles. The van der Waals surface area contributed by atoms with E-state index in [4.69, 9.17) is 4.74 Å². The monoisotopic (exact) mass is 261 g/mol. The van der Waals surface area contributed by atoms with E-state index in [0.717, 1.165) is 36.3 Å². The number of hydrogen-bond acceptors (Lipinski definition) is 3. The van der Waals surface area contributed by atoms with Crippen LogP contribution >= 0.6 is 0 Å². The molecule has 1 aliphatic rings. The zero-order chi connectivity index (χ0) is 14.0. The Labute approximate surface area is 115 Å². The minimum atomic E-state index is -0.104. The van der Waals surface area contributed by atoms with Crippen LogP contribution in [0.3, 0.4) is 0 Å². The summed E-state index contributed by atoms with van der Waals surface area (Å²) in [5.41, 5.74) is 3.03. The maximum atomic E-state index is 12.6. The van der Waals surface area contributed by atoms with Crippen LogP contribution in [0.15, 0.2) is 18.2 Å². The van der Waals surface area contributed by atoms with Crippen LogP contribution in [0.2, 0.25) is 0 Å². The van der Waals surface area contributed by atoms with Gasteiger partial charge in [-0.15, -0.1) is 0 Å². The van der Waals surface area contributed by atoms with Gasteiger partial charge < -0.3 is 4.74 Å². The summed E-state index contributed by atoms with van der Waals surface area (Å²) in [6.07, 6.45) is 1.01. The van der Waals surface area contributed by atoms with E-state index in [2.05, 4.69) is 4.90 Å². The summed E-state index contributed by atoms with van der Waals surface area (Å²) < 4.78 is 5.40. The minimum absolute atomic E-state index is 0.104. The summed E-state index contributed by atoms with van der Waals surface area (Å²) in [6, 6.07) is 6.32. The number of likely N-dealkylation sites (N-methyl/N-ethyl adjacent to an activating group) is 1. The number of hydrogen-bond donors (Lipinski definition) is 0. The van der Waals surface area contributed by atoms with Gasteiger partial charge in [-0.05, 0) is 45.9 Å². The zero-order valence-corrected chi connectivity index (χ0v) is 12.3. The quantitative estimate of drug-likeness (QED) is 0.780. The highest BCUT2D eigenvalue weighted by Gasteiger charge is 2.28. The maximum Gasteiger partial charge on any atom is 0.179 e. The number of Topliss-reactive ketones (excluding diaryl/α,β-unsaturated/α-hetero) is 1. The molecular formula is C16H23NO2. The average molecular weight is 261 g/mol. The number of ether oxygens (including phenoxy) is 1. The predicted octanol–water partition coefficient (Wildman–Crippen LogP) is 2.60. The van der Waals surface area contributed by atoms with Crippen LogP contribution in [0.5, 0.6) is 0 Å². The minimum Gasteiger partial charge on any atom is -0.380 e. The van der Waals surface area contributed by atoms with Crippen LogP contribution < -0.4 is 0 Å². The van der Waals surface area contributed by atoms with Crippen LogP contribution in [0, 0.1) is 13.8 Å². The Bertz CT molecular complexity index is 464. The third kappa shape index (κ3) is 3.04. The van der Waals surface area contributed by atoms with Gasteiger partial charge in [-0.1, -0.05) is 17.7 Å². The first-order valence-corrected chi connectivity index (χ1v) is 6.92. The largest absolute Gasteiger partial charge is 0.380 e. The van der Waals surface area contributed by atoms with Gasteiger partial charge in [0, 0.05) is 18.2 Å². The lowest BCUT2D eigenvalue weighted by atomic mass is 9.97. The van der Waals surface area contributed by atoms with E-state index in [1.165, 1.54) is 0 Å². The van der Waals surface area contributed by atoms with Crippen molar-refractivity contribution in [2.75, 3.05) is 20.3 Å². The van der Waals surface area contributed by atoms with Crippen molar-refractivity contribution >= 4 is 5.78 Å². The lowest BCUT2D eigenvalue weighted by Crippen LogP contribution is -2.43. The van der Waals surface area contributed by atoms with Crippen LogP contribution in [0.4, 0.5) is 0 Å². The summed E-state index contributed by atoms with van der Waals surface area (Å²) in [5.74, 6) is 0.204. The topological polar surface area (TPSA) is 29.5 Å². The predicted molar refractivity (Wildman–Crippen MR) is 76.7 cm³/mol. The van der Waals surface area contributed by atoms with Gasteiger partial charge in [-0.25, -0.2) is 0 Å². The molecular weight excluding hydrogens is 238 g/mol. The maximum absolute atomic E-state index is 12.6. The van der Waals surface area contributed by atoms with Crippen LogP contribution in [0.1, 0.15) is 34.8 Å². The smallest absolute Gasteiger partial charge is 0.179 e. The fraction of sp³-hybridized carbons (Fsp3) is 0.562. The van der Waals surface area contributed by atoms with Gasteiger partial charge in [0.2, 0.25) is 0 Å². The van der Waals surface area contributed by atoms with E-state index in [1.54, 1.807) is 0 Å². The molecule has 1 aliphatic heterocycles. The molecule has 19 heavy (non-hydrogen) atoms. The van der Waals surface area contributed by atoms with Crippen molar-refractivity contribution in [3.05, 3.63) is 34.9 Å². The number of carbonyl (C=O) groups is 1. The van der Waals surface area contributed by atoms with Crippen molar-refractivity contribution in [2.45, 2.75) is 39.3 Å². The zero-order valence-electron chi connectivity index (χ0n) is 12.3. The number of nitrogens with zero attached hydrogens (tertiary/aromatic N) is 1. The second-order valence-corrected chi connectivity index (χ2v) is 5.54. The number of carbonyl (C=O) groups excluding carboxylic acids is 1. The Balaban J connectivity index is 2.15. The van der Waals surface area contributed by atoms with Crippen molar-refractivity contribution in [1.29, 1.82) is 0 Å². The van der Waals surface area contributed by atoms with Gasteiger partial charge in [0.1, 0.15) is 0 Å². The molecule has 0 spiro atoms. The van der Waals surface area contributed by atoms with Crippen LogP contribution in [0.25, 0.3) is 0 Å². The first-order valence-electron chi connectivity index (χ1n) is 6.92. The highest BCUT2D eigenvalue weighted by Crippen LogP contribution is 2.19. The summed E-state index contributed by atoms with van der Waals surface area (Å²) >= 11 is 0.